The summed E-state index contributed by atoms with van der Waals surface area (Å²) in [5.41, 5.74) is 5.86. The Morgan fingerprint density at radius 1 is 1.47 bits per heavy atom. The smallest absolute Gasteiger partial charge is 0.189 e. The molecule has 0 aromatic carbocycles. The minimum absolute atomic E-state index is 0.514. The van der Waals surface area contributed by atoms with Gasteiger partial charge in [-0.05, 0) is 43.9 Å². The van der Waals surface area contributed by atoms with Gasteiger partial charge in [0, 0.05) is 6.04 Å². The lowest BCUT2D eigenvalue weighted by Gasteiger charge is -2.26. The van der Waals surface area contributed by atoms with Crippen LogP contribution in [0.4, 0.5) is 0 Å². The molecule has 2 saturated carbocycles. The van der Waals surface area contributed by atoms with E-state index in [1.165, 1.54) is 32.1 Å². The number of hydrogen-bond donors (Lipinski definition) is 2. The number of guanidine groups is 1. The average Bonchev–Trinajstić information content (AvgIpc) is 2.75. The maximum Gasteiger partial charge on any atom is 0.189 e. The summed E-state index contributed by atoms with van der Waals surface area (Å²) in [5.74, 6) is 2.26. The first-order valence-electron chi connectivity index (χ1n) is 6.25. The standard InChI is InChI=1S/C12H23N3/c1-8(2)6-9-7-11(9)15-12(13)14-10-4-3-5-10/h8-11H,3-7H2,1-2H3,(H3,13,14,15)/t9-,11-/m1/s1. The molecule has 0 heterocycles. The van der Waals surface area contributed by atoms with E-state index in [-0.39, 0.29) is 0 Å². The van der Waals surface area contributed by atoms with E-state index in [0.717, 1.165) is 11.8 Å². The molecule has 0 saturated heterocycles. The van der Waals surface area contributed by atoms with Crippen molar-refractivity contribution < 1.29 is 0 Å². The first-order valence-corrected chi connectivity index (χ1v) is 6.25. The average molecular weight is 209 g/mol. The molecule has 86 valence electrons. The highest BCUT2D eigenvalue weighted by molar-refractivity contribution is 5.78. The molecule has 0 unspecified atom stereocenters. The third-order valence-corrected chi connectivity index (χ3v) is 3.42. The molecule has 2 rings (SSSR count). The van der Waals surface area contributed by atoms with E-state index in [0.29, 0.717) is 18.0 Å². The summed E-state index contributed by atoms with van der Waals surface area (Å²) >= 11 is 0. The number of nitrogens with zero attached hydrogens (tertiary/aromatic N) is 1. The Bertz CT molecular complexity index is 243. The second-order valence-electron chi connectivity index (χ2n) is 5.48. The highest BCUT2D eigenvalue weighted by atomic mass is 15.1. The van der Waals surface area contributed by atoms with Crippen molar-refractivity contribution in [3.05, 3.63) is 0 Å². The molecule has 0 amide bonds. The summed E-state index contributed by atoms with van der Waals surface area (Å²) in [6.45, 7) is 4.55. The fraction of sp³-hybridized carbons (Fsp3) is 0.917. The van der Waals surface area contributed by atoms with E-state index < -0.39 is 0 Å². The zero-order chi connectivity index (χ0) is 10.8. The highest BCUT2D eigenvalue weighted by Crippen LogP contribution is 2.38. The molecule has 0 aromatic heterocycles. The van der Waals surface area contributed by atoms with Crippen LogP contribution >= 0.6 is 0 Å². The quantitative estimate of drug-likeness (QED) is 0.548. The van der Waals surface area contributed by atoms with E-state index in [4.69, 9.17) is 5.73 Å². The predicted octanol–water partition coefficient (Wildman–Crippen LogP) is 1.88. The topological polar surface area (TPSA) is 50.4 Å². The zero-order valence-corrected chi connectivity index (χ0v) is 9.87. The number of nitrogens with one attached hydrogen (secondary N) is 1. The molecule has 2 fully saturated rings. The van der Waals surface area contributed by atoms with Crippen LogP contribution in [0.1, 0.15) is 46.0 Å². The fourth-order valence-electron chi connectivity index (χ4n) is 2.23. The molecule has 0 spiro atoms. The summed E-state index contributed by atoms with van der Waals surface area (Å²) in [6, 6.07) is 1.12. The summed E-state index contributed by atoms with van der Waals surface area (Å²) in [6.07, 6.45) is 6.40. The van der Waals surface area contributed by atoms with E-state index in [9.17, 15) is 0 Å². The molecule has 3 N–H and O–H groups in total. The Labute approximate surface area is 92.5 Å². The Kier molecular flexibility index (Phi) is 3.17. The molecule has 0 bridgehead atoms. The molecule has 0 aromatic rings. The molecule has 3 nitrogen and oxygen atoms in total. The van der Waals surface area contributed by atoms with Crippen molar-refractivity contribution in [2.45, 2.75) is 58.0 Å². The third kappa shape index (κ3) is 3.11. The van der Waals surface area contributed by atoms with Crippen LogP contribution in [0.3, 0.4) is 0 Å². The van der Waals surface area contributed by atoms with Crippen molar-refractivity contribution in [1.82, 2.24) is 5.32 Å². The molecule has 3 heteroatoms. The normalized spacial score (nSPS) is 31.5. The zero-order valence-electron chi connectivity index (χ0n) is 9.87. The maximum atomic E-state index is 5.86. The molecular weight excluding hydrogens is 186 g/mol. The van der Waals surface area contributed by atoms with Crippen LogP contribution in [-0.2, 0) is 0 Å². The van der Waals surface area contributed by atoms with E-state index in [1.807, 2.05) is 0 Å². The monoisotopic (exact) mass is 209 g/mol. The maximum absolute atomic E-state index is 5.86. The van der Waals surface area contributed by atoms with Crippen LogP contribution in [-0.4, -0.2) is 18.0 Å². The van der Waals surface area contributed by atoms with Crippen LogP contribution in [0, 0.1) is 11.8 Å². The molecule has 2 aliphatic rings. The largest absolute Gasteiger partial charge is 0.370 e. The molecular formula is C12H23N3. The van der Waals surface area contributed by atoms with Gasteiger partial charge in [-0.15, -0.1) is 0 Å². The van der Waals surface area contributed by atoms with Gasteiger partial charge in [0.2, 0.25) is 0 Å². The fourth-order valence-corrected chi connectivity index (χ4v) is 2.23. The molecule has 15 heavy (non-hydrogen) atoms. The number of hydrogen-bond acceptors (Lipinski definition) is 1. The van der Waals surface area contributed by atoms with Crippen molar-refractivity contribution in [2.75, 3.05) is 0 Å². The van der Waals surface area contributed by atoms with Crippen molar-refractivity contribution in [1.29, 1.82) is 0 Å². The van der Waals surface area contributed by atoms with Gasteiger partial charge in [0.05, 0.1) is 6.04 Å². The first kappa shape index (κ1) is 10.8. The van der Waals surface area contributed by atoms with Crippen molar-refractivity contribution >= 4 is 5.96 Å². The Hall–Kier alpha value is -0.730. The second-order valence-corrected chi connectivity index (χ2v) is 5.48. The van der Waals surface area contributed by atoms with E-state index >= 15 is 0 Å². The van der Waals surface area contributed by atoms with Gasteiger partial charge in [-0.3, -0.25) is 0 Å². The molecule has 2 atom stereocenters. The minimum atomic E-state index is 0.514. The van der Waals surface area contributed by atoms with Gasteiger partial charge in [0.25, 0.3) is 0 Å². The van der Waals surface area contributed by atoms with Crippen molar-refractivity contribution in [3.63, 3.8) is 0 Å². The highest BCUT2D eigenvalue weighted by Gasteiger charge is 2.37. The van der Waals surface area contributed by atoms with Gasteiger partial charge >= 0.3 is 0 Å². The van der Waals surface area contributed by atoms with Crippen LogP contribution in [0.2, 0.25) is 0 Å². The number of nitrogens with two attached hydrogens (primary N) is 1. The van der Waals surface area contributed by atoms with Gasteiger partial charge in [-0.2, -0.15) is 0 Å². The summed E-state index contributed by atoms with van der Waals surface area (Å²) < 4.78 is 0. The summed E-state index contributed by atoms with van der Waals surface area (Å²) in [5, 5.41) is 3.29. The SMILES string of the molecule is CC(C)C[C@@H]1C[C@H]1N=C(N)NC1CCC1. The van der Waals surface area contributed by atoms with Gasteiger partial charge < -0.3 is 11.1 Å². The third-order valence-electron chi connectivity index (χ3n) is 3.42. The van der Waals surface area contributed by atoms with Crippen molar-refractivity contribution in [3.8, 4) is 0 Å². The molecule has 0 radical (unpaired) electrons. The molecule has 0 aliphatic heterocycles. The van der Waals surface area contributed by atoms with Crippen LogP contribution in [0.25, 0.3) is 0 Å². The predicted molar refractivity (Wildman–Crippen MR) is 63.7 cm³/mol. The first-order chi connectivity index (χ1) is 7.15. The summed E-state index contributed by atoms with van der Waals surface area (Å²) in [4.78, 5) is 4.53. The summed E-state index contributed by atoms with van der Waals surface area (Å²) in [7, 11) is 0. The number of rotatable bonds is 4. The van der Waals surface area contributed by atoms with Gasteiger partial charge in [-0.1, -0.05) is 13.8 Å². The van der Waals surface area contributed by atoms with E-state index in [1.54, 1.807) is 0 Å². The lowest BCUT2D eigenvalue weighted by Crippen LogP contribution is -2.43. The van der Waals surface area contributed by atoms with Crippen molar-refractivity contribution in [2.24, 2.45) is 22.6 Å². The Morgan fingerprint density at radius 2 is 2.20 bits per heavy atom. The minimum Gasteiger partial charge on any atom is -0.370 e. The van der Waals surface area contributed by atoms with Gasteiger partial charge in [0.15, 0.2) is 5.96 Å². The number of aliphatic imine (C=N–C) groups is 1. The molecule has 2 aliphatic carbocycles. The lowest BCUT2D eigenvalue weighted by atomic mass is 9.93. The van der Waals surface area contributed by atoms with Crippen LogP contribution in [0.5, 0.6) is 0 Å². The van der Waals surface area contributed by atoms with Gasteiger partial charge in [0.1, 0.15) is 0 Å². The van der Waals surface area contributed by atoms with Gasteiger partial charge in [-0.25, -0.2) is 4.99 Å². The van der Waals surface area contributed by atoms with E-state index in [2.05, 4.69) is 24.2 Å². The Morgan fingerprint density at radius 3 is 2.73 bits per heavy atom. The van der Waals surface area contributed by atoms with Crippen LogP contribution in [0.15, 0.2) is 4.99 Å². The lowest BCUT2D eigenvalue weighted by molar-refractivity contribution is 0.382. The Balaban J connectivity index is 1.69. The second kappa shape index (κ2) is 4.42. The van der Waals surface area contributed by atoms with Crippen LogP contribution < -0.4 is 11.1 Å².